The molecule has 0 aromatic rings. The molecule has 0 aromatic heterocycles. The van der Waals surface area contributed by atoms with Gasteiger partial charge in [-0.25, -0.2) is 4.79 Å². The standard InChI is InChI=1S/C38H68N8O6/c1-5-52-34(51)29(9-7-19-44-36(41)42)46-33(50)28(8-6-18-43-35(39)40)45-31(49)13-10-22(2)25-11-12-26-32-27(15-17-38(25,26)4)37(3)16-14-24(47)20-23(37)21-30(32)48/h22-30,32,47-48H,5-21H2,1-4H3,(H,45,49)(H,46,50)(H4,39,40,43)(H4,41,42,44). The summed E-state index contributed by atoms with van der Waals surface area (Å²) in [4.78, 5) is 47.7. The van der Waals surface area contributed by atoms with Crippen molar-refractivity contribution >= 4 is 29.7 Å². The molecule has 12 unspecified atom stereocenters. The molecule has 0 aliphatic heterocycles. The normalized spacial score (nSPS) is 33.9. The summed E-state index contributed by atoms with van der Waals surface area (Å²) in [5.41, 5.74) is 22.1. The van der Waals surface area contributed by atoms with Gasteiger partial charge in [0.15, 0.2) is 11.9 Å². The number of fused-ring (bicyclic) bond motifs is 5. The number of amides is 2. The lowest BCUT2D eigenvalue weighted by Gasteiger charge is -2.62. The van der Waals surface area contributed by atoms with Crippen LogP contribution in [0.25, 0.3) is 0 Å². The summed E-state index contributed by atoms with van der Waals surface area (Å²) in [6.45, 7) is 9.55. The van der Waals surface area contributed by atoms with Crippen molar-refractivity contribution in [3.8, 4) is 0 Å². The van der Waals surface area contributed by atoms with E-state index in [9.17, 15) is 24.6 Å². The van der Waals surface area contributed by atoms with Gasteiger partial charge in [0.2, 0.25) is 11.8 Å². The number of esters is 1. The maximum atomic E-state index is 13.6. The van der Waals surface area contributed by atoms with Crippen molar-refractivity contribution in [2.24, 2.45) is 79.3 Å². The van der Waals surface area contributed by atoms with Crippen LogP contribution in [0.3, 0.4) is 0 Å². The minimum absolute atomic E-state index is 0.0521. The Morgan fingerprint density at radius 1 is 0.827 bits per heavy atom. The van der Waals surface area contributed by atoms with E-state index in [4.69, 9.17) is 27.7 Å². The number of carbonyl (C=O) groups is 3. The van der Waals surface area contributed by atoms with Gasteiger partial charge in [-0.2, -0.15) is 0 Å². The Balaban J connectivity index is 1.37. The predicted octanol–water partition coefficient (Wildman–Crippen LogP) is 2.03. The van der Waals surface area contributed by atoms with Gasteiger partial charge in [0.05, 0.1) is 18.8 Å². The van der Waals surface area contributed by atoms with E-state index in [0.717, 1.165) is 51.4 Å². The molecule has 12 N–H and O–H groups in total. The second kappa shape index (κ2) is 18.3. The molecule has 4 aliphatic rings. The lowest BCUT2D eigenvalue weighted by atomic mass is 9.43. The highest BCUT2D eigenvalue weighted by Gasteiger charge is 2.62. The van der Waals surface area contributed by atoms with Crippen LogP contribution in [0.15, 0.2) is 9.98 Å². The minimum atomic E-state index is -0.925. The van der Waals surface area contributed by atoms with Crippen LogP contribution in [-0.2, 0) is 19.1 Å². The van der Waals surface area contributed by atoms with Crippen LogP contribution in [0.2, 0.25) is 0 Å². The summed E-state index contributed by atoms with van der Waals surface area (Å²) in [5, 5.41) is 27.7. The first-order chi connectivity index (χ1) is 24.6. The van der Waals surface area contributed by atoms with E-state index in [2.05, 4.69) is 41.4 Å². The molecule has 0 bridgehead atoms. The van der Waals surface area contributed by atoms with E-state index < -0.39 is 24.0 Å². The predicted molar refractivity (Wildman–Crippen MR) is 201 cm³/mol. The molecule has 4 saturated carbocycles. The maximum Gasteiger partial charge on any atom is 0.328 e. The quantitative estimate of drug-likeness (QED) is 0.0467. The Labute approximate surface area is 310 Å². The Kier molecular flexibility index (Phi) is 14.6. The summed E-state index contributed by atoms with van der Waals surface area (Å²) < 4.78 is 5.20. The number of guanidine groups is 2. The van der Waals surface area contributed by atoms with E-state index in [1.807, 2.05) is 0 Å². The molecule has 14 heteroatoms. The fourth-order valence-electron chi connectivity index (χ4n) is 11.0. The van der Waals surface area contributed by atoms with Gasteiger partial charge in [-0.1, -0.05) is 20.8 Å². The monoisotopic (exact) mass is 733 g/mol. The van der Waals surface area contributed by atoms with Gasteiger partial charge in [0.25, 0.3) is 0 Å². The van der Waals surface area contributed by atoms with Crippen LogP contribution in [0.5, 0.6) is 0 Å². The topological polar surface area (TPSA) is 254 Å². The lowest BCUT2D eigenvalue weighted by molar-refractivity contribution is -0.174. The highest BCUT2D eigenvalue weighted by molar-refractivity contribution is 5.90. The van der Waals surface area contributed by atoms with Crippen molar-refractivity contribution in [1.29, 1.82) is 0 Å². The van der Waals surface area contributed by atoms with E-state index >= 15 is 0 Å². The highest BCUT2D eigenvalue weighted by Crippen LogP contribution is 2.68. The molecule has 0 spiro atoms. The molecular weight excluding hydrogens is 664 g/mol. The summed E-state index contributed by atoms with van der Waals surface area (Å²) in [7, 11) is 0. The van der Waals surface area contributed by atoms with Crippen LogP contribution in [0.4, 0.5) is 0 Å². The number of aliphatic hydroxyl groups excluding tert-OH is 2. The number of aliphatic hydroxyl groups is 2. The molecule has 2 amide bonds. The molecule has 0 heterocycles. The summed E-state index contributed by atoms with van der Waals surface area (Å²) in [5.74, 6) is 0.977. The third-order valence-electron chi connectivity index (χ3n) is 13.7. The molecule has 0 aromatic carbocycles. The second-order valence-electron chi connectivity index (χ2n) is 16.8. The van der Waals surface area contributed by atoms with Crippen LogP contribution < -0.4 is 33.6 Å². The third kappa shape index (κ3) is 9.89. The number of nitrogens with zero attached hydrogens (tertiary/aromatic N) is 2. The fraction of sp³-hybridized carbons (Fsp3) is 0.868. The third-order valence-corrected chi connectivity index (χ3v) is 13.7. The van der Waals surface area contributed by atoms with Gasteiger partial charge < -0.3 is 48.5 Å². The maximum absolute atomic E-state index is 13.6. The molecule has 0 saturated heterocycles. The van der Waals surface area contributed by atoms with E-state index in [1.165, 1.54) is 0 Å². The van der Waals surface area contributed by atoms with Crippen molar-refractivity contribution in [2.45, 2.75) is 142 Å². The zero-order valence-corrected chi connectivity index (χ0v) is 32.0. The number of rotatable bonds is 17. The van der Waals surface area contributed by atoms with Crippen molar-refractivity contribution in [2.75, 3.05) is 19.7 Å². The Morgan fingerprint density at radius 3 is 2.08 bits per heavy atom. The van der Waals surface area contributed by atoms with Gasteiger partial charge in [-0.3, -0.25) is 19.6 Å². The number of carbonyl (C=O) groups excluding carboxylic acids is 3. The molecule has 52 heavy (non-hydrogen) atoms. The van der Waals surface area contributed by atoms with E-state index in [1.54, 1.807) is 6.92 Å². The fourth-order valence-corrected chi connectivity index (χ4v) is 11.0. The minimum Gasteiger partial charge on any atom is -0.464 e. The van der Waals surface area contributed by atoms with Gasteiger partial charge in [0, 0.05) is 19.5 Å². The summed E-state index contributed by atoms with van der Waals surface area (Å²) in [6.07, 6.45) is 9.75. The van der Waals surface area contributed by atoms with Crippen molar-refractivity contribution < 1.29 is 29.3 Å². The zero-order chi connectivity index (χ0) is 38.2. The highest BCUT2D eigenvalue weighted by atomic mass is 16.5. The molecule has 4 fully saturated rings. The van der Waals surface area contributed by atoms with Crippen LogP contribution in [-0.4, -0.2) is 83.9 Å². The van der Waals surface area contributed by atoms with Gasteiger partial charge in [-0.15, -0.1) is 0 Å². The van der Waals surface area contributed by atoms with Gasteiger partial charge in [-0.05, 0) is 137 Å². The number of nitrogens with two attached hydrogens (primary N) is 4. The molecule has 296 valence electrons. The number of hydrogen-bond donors (Lipinski definition) is 8. The van der Waals surface area contributed by atoms with Crippen molar-refractivity contribution in [3.63, 3.8) is 0 Å². The van der Waals surface area contributed by atoms with Gasteiger partial charge >= 0.3 is 5.97 Å². The van der Waals surface area contributed by atoms with Crippen LogP contribution in [0, 0.1) is 46.3 Å². The molecule has 4 aliphatic carbocycles. The first kappa shape index (κ1) is 41.6. The number of ether oxygens (including phenoxy) is 1. The molecule has 14 nitrogen and oxygen atoms in total. The first-order valence-electron chi connectivity index (χ1n) is 19.8. The second-order valence-corrected chi connectivity index (χ2v) is 16.8. The molecule has 12 atom stereocenters. The molecular formula is C38H68N8O6. The SMILES string of the molecule is CCOC(=O)C(CCCN=C(N)N)NC(=O)C(CCCN=C(N)N)NC(=O)CCC(C)C1CCC2C3C(O)CC4CC(O)CCC4(C)C3CCC12C. The van der Waals surface area contributed by atoms with Crippen molar-refractivity contribution in [1.82, 2.24) is 10.6 Å². The van der Waals surface area contributed by atoms with E-state index in [0.29, 0.717) is 67.9 Å². The van der Waals surface area contributed by atoms with Crippen molar-refractivity contribution in [3.05, 3.63) is 0 Å². The summed E-state index contributed by atoms with van der Waals surface area (Å²) in [6, 6.07) is -1.82. The number of hydrogen-bond acceptors (Lipinski definition) is 8. The molecule has 0 radical (unpaired) electrons. The number of nitrogens with one attached hydrogen (secondary N) is 2. The first-order valence-corrected chi connectivity index (χ1v) is 19.8. The Bertz CT molecular complexity index is 1290. The largest absolute Gasteiger partial charge is 0.464 e. The summed E-state index contributed by atoms with van der Waals surface area (Å²) >= 11 is 0. The lowest BCUT2D eigenvalue weighted by Crippen LogP contribution is -2.58. The number of aliphatic imine (C=N–C) groups is 2. The molecule has 4 rings (SSSR count). The van der Waals surface area contributed by atoms with E-state index in [-0.39, 0.29) is 66.7 Å². The van der Waals surface area contributed by atoms with Gasteiger partial charge in [0.1, 0.15) is 12.1 Å². The zero-order valence-electron chi connectivity index (χ0n) is 32.0. The smallest absolute Gasteiger partial charge is 0.328 e. The average Bonchev–Trinajstić information content (AvgIpc) is 3.44. The van der Waals surface area contributed by atoms with Crippen LogP contribution in [0.1, 0.15) is 118 Å². The Morgan fingerprint density at radius 2 is 1.44 bits per heavy atom. The average molecular weight is 733 g/mol. The Hall–Kier alpha value is -3.13. The van der Waals surface area contributed by atoms with Crippen LogP contribution >= 0.6 is 0 Å².